The van der Waals surface area contributed by atoms with Crippen LogP contribution in [0.3, 0.4) is 0 Å². The predicted molar refractivity (Wildman–Crippen MR) is 97.6 cm³/mol. The number of likely N-dealkylation sites (tertiary alicyclic amines) is 1. The fraction of sp³-hybridized carbons (Fsp3) is 0.750. The summed E-state index contributed by atoms with van der Waals surface area (Å²) >= 11 is 0. The first-order chi connectivity index (χ1) is 11.4. The van der Waals surface area contributed by atoms with Crippen LogP contribution in [0.2, 0.25) is 0 Å². The van der Waals surface area contributed by atoms with Gasteiger partial charge in [-0.3, -0.25) is 4.79 Å². The fourth-order valence-electron chi connectivity index (χ4n) is 3.11. The smallest absolute Gasteiger partial charge is 0.248 e. The van der Waals surface area contributed by atoms with Gasteiger partial charge in [0.05, 0.1) is 0 Å². The summed E-state index contributed by atoms with van der Waals surface area (Å²) in [6.45, 7) is 9.09. The third kappa shape index (κ3) is 7.82. The number of terminal acetylenes is 2. The van der Waals surface area contributed by atoms with Gasteiger partial charge in [-0.25, -0.2) is 8.78 Å². The van der Waals surface area contributed by atoms with Gasteiger partial charge in [0, 0.05) is 31.8 Å². The van der Waals surface area contributed by atoms with Crippen molar-refractivity contribution in [3.05, 3.63) is 0 Å². The molecule has 0 N–H and O–H groups in total. The summed E-state index contributed by atoms with van der Waals surface area (Å²) in [5, 5.41) is 0. The molecule has 1 heterocycles. The van der Waals surface area contributed by atoms with Crippen molar-refractivity contribution in [2.75, 3.05) is 6.54 Å². The second-order valence-corrected chi connectivity index (χ2v) is 6.10. The first-order valence-corrected chi connectivity index (χ1v) is 8.73. The van der Waals surface area contributed by atoms with Crippen LogP contribution in [0.15, 0.2) is 0 Å². The minimum absolute atomic E-state index is 0.0447. The molecule has 2 rings (SSSR count). The van der Waals surface area contributed by atoms with Crippen molar-refractivity contribution in [2.24, 2.45) is 11.8 Å². The highest BCUT2D eigenvalue weighted by Crippen LogP contribution is 2.38. The van der Waals surface area contributed by atoms with E-state index in [4.69, 9.17) is 0 Å². The van der Waals surface area contributed by atoms with E-state index in [0.717, 1.165) is 13.0 Å². The van der Waals surface area contributed by atoms with E-state index < -0.39 is 5.92 Å². The van der Waals surface area contributed by atoms with Gasteiger partial charge in [0.25, 0.3) is 0 Å². The van der Waals surface area contributed by atoms with E-state index in [1.165, 1.54) is 0 Å². The second-order valence-electron chi connectivity index (χ2n) is 6.10. The van der Waals surface area contributed by atoms with Crippen molar-refractivity contribution in [1.29, 1.82) is 0 Å². The lowest BCUT2D eigenvalue weighted by Crippen LogP contribution is -2.37. The van der Waals surface area contributed by atoms with Gasteiger partial charge < -0.3 is 4.90 Å². The van der Waals surface area contributed by atoms with Crippen LogP contribution in [0.25, 0.3) is 0 Å². The third-order valence-corrected chi connectivity index (χ3v) is 4.76. The normalized spacial score (nSPS) is 25.0. The quantitative estimate of drug-likeness (QED) is 0.648. The van der Waals surface area contributed by atoms with Crippen molar-refractivity contribution < 1.29 is 13.6 Å². The molecular formula is C20H33F2NO. The van der Waals surface area contributed by atoms with Gasteiger partial charge >= 0.3 is 0 Å². The molecule has 24 heavy (non-hydrogen) atoms. The maximum absolute atomic E-state index is 13.0. The van der Waals surface area contributed by atoms with Crippen LogP contribution in [0.4, 0.5) is 8.78 Å². The standard InChI is InChI=1S/C14H23F2NO.C2H6.2C2H2/c1-10-5-8-17(11(10)2)13(18)9-12-3-6-14(15,16)7-4-12;3*1-2/h10-12H,3-9H2,1-2H3;1-2H3;2*1-2H/t10-,11-;;;/m1.../s1. The van der Waals surface area contributed by atoms with Crippen molar-refractivity contribution >= 4 is 5.91 Å². The molecule has 1 saturated heterocycles. The second kappa shape index (κ2) is 12.8. The molecule has 138 valence electrons. The maximum atomic E-state index is 13.0. The first kappa shape index (κ1) is 24.7. The number of carbonyl (C=O) groups excluding carboxylic acids is 1. The van der Waals surface area contributed by atoms with E-state index in [1.807, 2.05) is 18.7 Å². The number of rotatable bonds is 2. The van der Waals surface area contributed by atoms with Crippen LogP contribution in [0.5, 0.6) is 0 Å². The molecule has 0 bridgehead atoms. The van der Waals surface area contributed by atoms with E-state index in [2.05, 4.69) is 39.5 Å². The Morgan fingerprint density at radius 1 is 1.04 bits per heavy atom. The van der Waals surface area contributed by atoms with Crippen LogP contribution in [-0.2, 0) is 4.79 Å². The Labute approximate surface area is 147 Å². The Bertz CT molecular complexity index is 374. The third-order valence-electron chi connectivity index (χ3n) is 4.76. The van der Waals surface area contributed by atoms with E-state index in [1.54, 1.807) is 0 Å². The minimum Gasteiger partial charge on any atom is -0.340 e. The summed E-state index contributed by atoms with van der Waals surface area (Å²) in [5.74, 6) is -1.60. The molecule has 1 saturated carbocycles. The summed E-state index contributed by atoms with van der Waals surface area (Å²) in [6.07, 6.45) is 18.4. The summed E-state index contributed by atoms with van der Waals surface area (Å²) in [4.78, 5) is 14.1. The molecule has 1 aliphatic carbocycles. The molecule has 2 nitrogen and oxygen atoms in total. The van der Waals surface area contributed by atoms with Gasteiger partial charge in [0.1, 0.15) is 0 Å². The number of nitrogens with zero attached hydrogens (tertiary/aromatic N) is 1. The molecule has 0 aromatic rings. The summed E-state index contributed by atoms with van der Waals surface area (Å²) in [7, 11) is 0. The minimum atomic E-state index is -2.49. The molecule has 2 aliphatic rings. The maximum Gasteiger partial charge on any atom is 0.248 e. The summed E-state index contributed by atoms with van der Waals surface area (Å²) in [5.41, 5.74) is 0. The molecule has 1 amide bonds. The average molecular weight is 341 g/mol. The number of hydrogen-bond donors (Lipinski definition) is 0. The van der Waals surface area contributed by atoms with E-state index >= 15 is 0 Å². The lowest BCUT2D eigenvalue weighted by Gasteiger charge is -2.30. The van der Waals surface area contributed by atoms with Crippen LogP contribution < -0.4 is 0 Å². The highest BCUT2D eigenvalue weighted by atomic mass is 19.3. The SMILES string of the molecule is C#C.C#C.CC.C[C@@H]1CCN(C(=O)CC2CCC(F)(F)CC2)[C@@H]1C. The number of carbonyl (C=O) groups is 1. The predicted octanol–water partition coefficient (Wildman–Crippen LogP) is 4.98. The average Bonchev–Trinajstić information content (AvgIpc) is 2.94. The van der Waals surface area contributed by atoms with Crippen molar-refractivity contribution in [1.82, 2.24) is 4.90 Å². The molecule has 0 aromatic carbocycles. The van der Waals surface area contributed by atoms with Gasteiger partial charge in [-0.1, -0.05) is 20.8 Å². The van der Waals surface area contributed by atoms with Gasteiger partial charge in [0.2, 0.25) is 11.8 Å². The Kier molecular flexibility index (Phi) is 13.2. The number of amides is 1. The molecule has 4 heteroatoms. The van der Waals surface area contributed by atoms with E-state index in [9.17, 15) is 13.6 Å². The Hall–Kier alpha value is -1.55. The van der Waals surface area contributed by atoms with Crippen molar-refractivity contribution in [3.8, 4) is 25.7 Å². The Morgan fingerprint density at radius 2 is 1.50 bits per heavy atom. The van der Waals surface area contributed by atoms with Crippen LogP contribution in [-0.4, -0.2) is 29.3 Å². The number of halogens is 2. The lowest BCUT2D eigenvalue weighted by atomic mass is 9.84. The van der Waals surface area contributed by atoms with Crippen LogP contribution in [0.1, 0.15) is 66.2 Å². The summed E-state index contributed by atoms with van der Waals surface area (Å²) < 4.78 is 26.1. The highest BCUT2D eigenvalue weighted by Gasteiger charge is 2.37. The van der Waals surface area contributed by atoms with Crippen LogP contribution >= 0.6 is 0 Å². The van der Waals surface area contributed by atoms with E-state index in [0.29, 0.717) is 31.2 Å². The zero-order valence-electron chi connectivity index (χ0n) is 15.6. The number of alkyl halides is 2. The molecule has 0 radical (unpaired) electrons. The molecule has 0 unspecified atom stereocenters. The van der Waals surface area contributed by atoms with Gasteiger partial charge in [0.15, 0.2) is 0 Å². The van der Waals surface area contributed by atoms with E-state index in [-0.39, 0.29) is 24.7 Å². The Balaban J connectivity index is 0. The largest absolute Gasteiger partial charge is 0.340 e. The zero-order chi connectivity index (χ0) is 19.3. The molecule has 1 aliphatic heterocycles. The summed E-state index contributed by atoms with van der Waals surface area (Å²) in [6, 6.07) is 0.308. The molecule has 2 atom stereocenters. The first-order valence-electron chi connectivity index (χ1n) is 8.73. The number of hydrogen-bond acceptors (Lipinski definition) is 1. The highest BCUT2D eigenvalue weighted by molar-refractivity contribution is 5.77. The monoisotopic (exact) mass is 341 g/mol. The zero-order valence-corrected chi connectivity index (χ0v) is 15.6. The van der Waals surface area contributed by atoms with Crippen LogP contribution in [0, 0.1) is 37.5 Å². The van der Waals surface area contributed by atoms with Gasteiger partial charge in [-0.15, -0.1) is 25.7 Å². The molecule has 2 fully saturated rings. The van der Waals surface area contributed by atoms with Gasteiger partial charge in [-0.2, -0.15) is 0 Å². The molecule has 0 spiro atoms. The van der Waals surface area contributed by atoms with Gasteiger partial charge in [-0.05, 0) is 38.0 Å². The molecular weight excluding hydrogens is 308 g/mol. The topological polar surface area (TPSA) is 20.3 Å². The molecule has 0 aromatic heterocycles. The fourth-order valence-corrected chi connectivity index (χ4v) is 3.11. The van der Waals surface area contributed by atoms with Crippen molar-refractivity contribution in [2.45, 2.75) is 78.2 Å². The Morgan fingerprint density at radius 3 is 1.88 bits per heavy atom. The lowest BCUT2D eigenvalue weighted by molar-refractivity contribution is -0.134. The van der Waals surface area contributed by atoms with Crippen molar-refractivity contribution in [3.63, 3.8) is 0 Å².